The third-order valence-electron chi connectivity index (χ3n) is 6.80. The van der Waals surface area contributed by atoms with E-state index in [1.165, 1.54) is 31.4 Å². The second-order valence-electron chi connectivity index (χ2n) is 12.3. The molecule has 0 aliphatic rings. The molecular formula is C32H48N2O4. The molecule has 38 heavy (non-hydrogen) atoms. The predicted molar refractivity (Wildman–Crippen MR) is 154 cm³/mol. The number of imide groups is 1. The van der Waals surface area contributed by atoms with Gasteiger partial charge in [-0.1, -0.05) is 105 Å². The third-order valence-corrected chi connectivity index (χ3v) is 6.80. The Morgan fingerprint density at radius 3 is 1.95 bits per heavy atom. The number of nitrogens with zero attached hydrogens (tertiary/aromatic N) is 1. The third kappa shape index (κ3) is 8.87. The van der Waals surface area contributed by atoms with Gasteiger partial charge in [-0.25, -0.2) is 10.4 Å². The summed E-state index contributed by atoms with van der Waals surface area (Å²) in [5, 5.41) is 22.3. The van der Waals surface area contributed by atoms with E-state index in [1.54, 1.807) is 12.1 Å². The lowest BCUT2D eigenvalue weighted by atomic mass is 9.78. The highest BCUT2D eigenvalue weighted by atomic mass is 16.3. The molecule has 0 heterocycles. The number of carbonyl (C=O) groups excluding carboxylic acids is 2. The maximum atomic E-state index is 13.4. The highest BCUT2D eigenvalue weighted by Gasteiger charge is 2.28. The Hall–Kier alpha value is -2.86. The van der Waals surface area contributed by atoms with E-state index in [-0.39, 0.29) is 34.5 Å². The number of nitrogens with one attached hydrogen (secondary N) is 1. The number of hydrazine groups is 1. The molecule has 2 aromatic carbocycles. The quantitative estimate of drug-likeness (QED) is 0.202. The van der Waals surface area contributed by atoms with Gasteiger partial charge in [0.15, 0.2) is 0 Å². The lowest BCUT2D eigenvalue weighted by molar-refractivity contribution is -0.131. The van der Waals surface area contributed by atoms with Gasteiger partial charge in [-0.2, -0.15) is 0 Å². The fourth-order valence-corrected chi connectivity index (χ4v) is 4.49. The van der Waals surface area contributed by atoms with Crippen molar-refractivity contribution in [2.24, 2.45) is 0 Å². The summed E-state index contributed by atoms with van der Waals surface area (Å²) in [5.74, 6) is -0.764. The van der Waals surface area contributed by atoms with Gasteiger partial charge < -0.3 is 10.2 Å². The second kappa shape index (κ2) is 13.8. The fourth-order valence-electron chi connectivity index (χ4n) is 4.49. The number of phenols is 2. The van der Waals surface area contributed by atoms with Gasteiger partial charge in [0.25, 0.3) is 5.91 Å². The van der Waals surface area contributed by atoms with E-state index in [4.69, 9.17) is 0 Å². The minimum atomic E-state index is -0.560. The normalized spacial score (nSPS) is 12.0. The largest absolute Gasteiger partial charge is 0.507 e. The van der Waals surface area contributed by atoms with Gasteiger partial charge in [-0.15, -0.1) is 0 Å². The number of unbranched alkanes of at least 4 members (excludes halogenated alkanes) is 5. The molecule has 6 nitrogen and oxygen atoms in total. The summed E-state index contributed by atoms with van der Waals surface area (Å²) in [6, 6.07) is 10.2. The van der Waals surface area contributed by atoms with E-state index in [9.17, 15) is 19.8 Å². The van der Waals surface area contributed by atoms with Gasteiger partial charge in [-0.3, -0.25) is 9.59 Å². The monoisotopic (exact) mass is 524 g/mol. The predicted octanol–water partition coefficient (Wildman–Crippen LogP) is 7.16. The first kappa shape index (κ1) is 31.4. The van der Waals surface area contributed by atoms with Crippen LogP contribution in [0.15, 0.2) is 36.4 Å². The van der Waals surface area contributed by atoms with E-state index in [0.29, 0.717) is 18.7 Å². The number of benzene rings is 2. The molecule has 0 saturated carbocycles. The van der Waals surface area contributed by atoms with E-state index >= 15 is 0 Å². The molecule has 3 N–H and O–H groups in total. The van der Waals surface area contributed by atoms with Crippen molar-refractivity contribution < 1.29 is 19.8 Å². The number of hydrogen-bond donors (Lipinski definition) is 3. The number of aryl methyl sites for hydroxylation is 1. The Labute approximate surface area is 229 Å². The van der Waals surface area contributed by atoms with Crippen molar-refractivity contribution in [3.63, 3.8) is 0 Å². The van der Waals surface area contributed by atoms with Gasteiger partial charge in [-0.05, 0) is 52.5 Å². The van der Waals surface area contributed by atoms with Gasteiger partial charge in [0.1, 0.15) is 11.5 Å². The average Bonchev–Trinajstić information content (AvgIpc) is 2.83. The summed E-state index contributed by atoms with van der Waals surface area (Å²) in [6.07, 6.45) is 7.14. The van der Waals surface area contributed by atoms with Crippen molar-refractivity contribution in [3.8, 4) is 11.5 Å². The number of para-hydroxylation sites is 1. The van der Waals surface area contributed by atoms with Crippen LogP contribution in [0.1, 0.15) is 120 Å². The number of phenolic OH excluding ortho intramolecular Hbond substituents is 2. The first-order valence-electron chi connectivity index (χ1n) is 14.0. The lowest BCUT2D eigenvalue weighted by Crippen LogP contribution is -2.47. The maximum Gasteiger partial charge on any atom is 0.278 e. The van der Waals surface area contributed by atoms with E-state index < -0.39 is 5.91 Å². The van der Waals surface area contributed by atoms with Crippen LogP contribution in [0.25, 0.3) is 0 Å². The Balaban J connectivity index is 2.23. The summed E-state index contributed by atoms with van der Waals surface area (Å²) in [6.45, 7) is 15.0. The smallest absolute Gasteiger partial charge is 0.278 e. The van der Waals surface area contributed by atoms with Crippen LogP contribution in [0.3, 0.4) is 0 Å². The Bertz CT molecular complexity index is 1040. The molecule has 0 aliphatic carbocycles. The molecule has 0 saturated heterocycles. The molecule has 210 valence electrons. The van der Waals surface area contributed by atoms with Crippen molar-refractivity contribution in [2.45, 2.75) is 111 Å². The minimum absolute atomic E-state index is 0.0889. The number of hydrogen-bond acceptors (Lipinski definition) is 5. The zero-order valence-corrected chi connectivity index (χ0v) is 24.5. The first-order chi connectivity index (χ1) is 17.8. The van der Waals surface area contributed by atoms with E-state index in [1.807, 2.05) is 12.1 Å². The van der Waals surface area contributed by atoms with Crippen molar-refractivity contribution in [1.29, 1.82) is 0 Å². The molecule has 0 aromatic heterocycles. The molecule has 6 heteroatoms. The second-order valence-corrected chi connectivity index (χ2v) is 12.3. The van der Waals surface area contributed by atoms with Crippen LogP contribution in [0.2, 0.25) is 0 Å². The topological polar surface area (TPSA) is 89.9 Å². The van der Waals surface area contributed by atoms with Crippen LogP contribution in [0.4, 0.5) is 0 Å². The van der Waals surface area contributed by atoms with Gasteiger partial charge in [0, 0.05) is 13.0 Å². The fraction of sp³-hybridized carbons (Fsp3) is 0.562. The molecule has 0 spiro atoms. The molecule has 0 aliphatic heterocycles. The Morgan fingerprint density at radius 2 is 1.39 bits per heavy atom. The van der Waals surface area contributed by atoms with Crippen LogP contribution >= 0.6 is 0 Å². The van der Waals surface area contributed by atoms with Crippen LogP contribution < -0.4 is 5.43 Å². The summed E-state index contributed by atoms with van der Waals surface area (Å²) in [7, 11) is 0. The van der Waals surface area contributed by atoms with Gasteiger partial charge in [0.2, 0.25) is 5.91 Å². The first-order valence-corrected chi connectivity index (χ1v) is 14.0. The Kier molecular flexibility index (Phi) is 11.4. The summed E-state index contributed by atoms with van der Waals surface area (Å²) >= 11 is 0. The molecule has 2 rings (SSSR count). The van der Waals surface area contributed by atoms with Crippen molar-refractivity contribution >= 4 is 11.8 Å². The highest BCUT2D eigenvalue weighted by Crippen LogP contribution is 2.40. The van der Waals surface area contributed by atoms with Crippen molar-refractivity contribution in [3.05, 3.63) is 58.7 Å². The lowest BCUT2D eigenvalue weighted by Gasteiger charge is -2.28. The van der Waals surface area contributed by atoms with Crippen LogP contribution in [-0.4, -0.2) is 33.6 Å². The van der Waals surface area contributed by atoms with Crippen LogP contribution in [-0.2, 0) is 22.0 Å². The minimum Gasteiger partial charge on any atom is -0.507 e. The van der Waals surface area contributed by atoms with Crippen molar-refractivity contribution in [2.75, 3.05) is 6.54 Å². The molecule has 2 aromatic rings. The maximum absolute atomic E-state index is 13.4. The highest BCUT2D eigenvalue weighted by molar-refractivity contribution is 6.05. The number of amides is 2. The molecule has 0 atom stereocenters. The van der Waals surface area contributed by atoms with Crippen LogP contribution in [0.5, 0.6) is 11.5 Å². The van der Waals surface area contributed by atoms with Gasteiger partial charge >= 0.3 is 0 Å². The van der Waals surface area contributed by atoms with E-state index in [0.717, 1.165) is 41.0 Å². The Morgan fingerprint density at radius 1 is 0.842 bits per heavy atom. The summed E-state index contributed by atoms with van der Waals surface area (Å²) in [5.41, 5.74) is 5.22. The average molecular weight is 525 g/mol. The summed E-state index contributed by atoms with van der Waals surface area (Å²) < 4.78 is 0. The van der Waals surface area contributed by atoms with E-state index in [2.05, 4.69) is 53.9 Å². The summed E-state index contributed by atoms with van der Waals surface area (Å²) in [4.78, 5) is 26.7. The number of aromatic hydroxyl groups is 2. The molecule has 0 radical (unpaired) electrons. The molecule has 0 bridgehead atoms. The number of carbonyl (C=O) groups is 2. The molecule has 2 amide bonds. The van der Waals surface area contributed by atoms with Gasteiger partial charge in [0.05, 0.1) is 5.56 Å². The number of rotatable bonds is 12. The zero-order chi connectivity index (χ0) is 28.5. The molecular weight excluding hydrogens is 476 g/mol. The standard InChI is InChI=1S/C32H48N2O4/c1-8-9-10-11-12-15-20-33-34(30(38)24-16-13-14-17-27(24)35)28(36)19-18-23-21-25(31(2,3)4)29(37)26(22-23)32(5,6)7/h13-14,16-17,21-22,33,35,37H,8-12,15,18-20H2,1-7H3. The molecule has 0 unspecified atom stereocenters. The zero-order valence-electron chi connectivity index (χ0n) is 24.5. The molecule has 0 fully saturated rings. The van der Waals surface area contributed by atoms with Crippen LogP contribution in [0, 0.1) is 0 Å². The van der Waals surface area contributed by atoms with Crippen molar-refractivity contribution in [1.82, 2.24) is 10.4 Å². The SMILES string of the molecule is CCCCCCCCNN(C(=O)CCc1cc(C(C)(C)C)c(O)c(C(C)(C)C)c1)C(=O)c1ccccc1O.